The normalized spacial score (nSPS) is 16.2. The Kier molecular flexibility index (Phi) is 3.00. The van der Waals surface area contributed by atoms with Crippen LogP contribution in [0, 0.1) is 17.5 Å². The highest BCUT2D eigenvalue weighted by Gasteiger charge is 2.23. The van der Waals surface area contributed by atoms with Gasteiger partial charge in [0.1, 0.15) is 23.3 Å². The number of nitrogens with zero attached hydrogens (tertiary/aromatic N) is 2. The van der Waals surface area contributed by atoms with Crippen molar-refractivity contribution in [3.05, 3.63) is 35.4 Å². The summed E-state index contributed by atoms with van der Waals surface area (Å²) in [5, 5.41) is 6.57. The predicted octanol–water partition coefficient (Wildman–Crippen LogP) is 3.55. The summed E-state index contributed by atoms with van der Waals surface area (Å²) in [5.74, 6) is -2.07. The maximum atomic E-state index is 13.6. The van der Waals surface area contributed by atoms with Crippen LogP contribution in [0.4, 0.5) is 13.2 Å². The van der Waals surface area contributed by atoms with E-state index in [9.17, 15) is 13.2 Å². The fraction of sp³-hybridized carbons (Fsp3) is 0.385. The van der Waals surface area contributed by atoms with E-state index in [2.05, 4.69) is 15.2 Å². The molecule has 19 heavy (non-hydrogen) atoms. The molecule has 0 amide bonds. The van der Waals surface area contributed by atoms with Crippen LogP contribution in [0.3, 0.4) is 0 Å². The molecule has 1 aliphatic rings. The molecule has 3 nitrogen and oxygen atoms in total. The van der Waals surface area contributed by atoms with E-state index in [0.717, 1.165) is 25.7 Å². The van der Waals surface area contributed by atoms with Gasteiger partial charge in [-0.25, -0.2) is 18.2 Å². The molecule has 1 saturated carbocycles. The summed E-state index contributed by atoms with van der Waals surface area (Å²) in [5.41, 5.74) is -0.387. The van der Waals surface area contributed by atoms with Crippen molar-refractivity contribution in [2.24, 2.45) is 0 Å². The van der Waals surface area contributed by atoms with Gasteiger partial charge in [0.05, 0.1) is 5.56 Å². The van der Waals surface area contributed by atoms with Gasteiger partial charge in [-0.15, -0.1) is 0 Å². The minimum atomic E-state index is -0.991. The van der Waals surface area contributed by atoms with Gasteiger partial charge in [-0.2, -0.15) is 5.10 Å². The third-order valence-electron chi connectivity index (χ3n) is 3.48. The molecule has 0 saturated heterocycles. The van der Waals surface area contributed by atoms with Crippen molar-refractivity contribution in [2.45, 2.75) is 31.6 Å². The Balaban J connectivity index is 1.98. The van der Waals surface area contributed by atoms with Gasteiger partial charge in [0, 0.05) is 18.1 Å². The van der Waals surface area contributed by atoms with Crippen molar-refractivity contribution in [3.63, 3.8) is 0 Å². The maximum absolute atomic E-state index is 13.6. The van der Waals surface area contributed by atoms with Crippen LogP contribution in [0.25, 0.3) is 11.4 Å². The highest BCUT2D eigenvalue weighted by molar-refractivity contribution is 5.56. The molecule has 0 unspecified atom stereocenters. The van der Waals surface area contributed by atoms with Crippen LogP contribution in [0.1, 0.15) is 37.4 Å². The first kappa shape index (κ1) is 12.2. The lowest BCUT2D eigenvalue weighted by Crippen LogP contribution is -1.96. The van der Waals surface area contributed by atoms with Gasteiger partial charge in [-0.05, 0) is 12.8 Å². The van der Waals surface area contributed by atoms with E-state index >= 15 is 0 Å². The molecule has 6 heteroatoms. The van der Waals surface area contributed by atoms with E-state index in [4.69, 9.17) is 0 Å². The van der Waals surface area contributed by atoms with Crippen LogP contribution in [0.15, 0.2) is 12.1 Å². The van der Waals surface area contributed by atoms with Gasteiger partial charge >= 0.3 is 0 Å². The molecule has 0 aliphatic heterocycles. The topological polar surface area (TPSA) is 41.6 Å². The Morgan fingerprint density at radius 3 is 2.32 bits per heavy atom. The van der Waals surface area contributed by atoms with Crippen molar-refractivity contribution in [2.75, 3.05) is 0 Å². The van der Waals surface area contributed by atoms with Crippen LogP contribution in [0.5, 0.6) is 0 Å². The lowest BCUT2D eigenvalue weighted by molar-refractivity contribution is 0.546. The molecule has 100 valence electrons. The van der Waals surface area contributed by atoms with Crippen molar-refractivity contribution in [1.82, 2.24) is 15.2 Å². The Hall–Kier alpha value is -1.85. The van der Waals surface area contributed by atoms with Gasteiger partial charge in [0.15, 0.2) is 5.82 Å². The standard InChI is InChI=1S/C13H12F3N3/c14-8-5-9(15)11(10(16)6-8)13-17-12(18-19-13)7-3-1-2-4-7/h5-7H,1-4H2,(H,17,18,19). The summed E-state index contributed by atoms with van der Waals surface area (Å²) >= 11 is 0. The van der Waals surface area contributed by atoms with E-state index in [1.807, 2.05) is 0 Å². The lowest BCUT2D eigenvalue weighted by Gasteiger charge is -2.02. The number of benzene rings is 1. The third-order valence-corrected chi connectivity index (χ3v) is 3.48. The van der Waals surface area contributed by atoms with Gasteiger partial charge in [0.25, 0.3) is 0 Å². The second kappa shape index (κ2) is 4.68. The van der Waals surface area contributed by atoms with E-state index < -0.39 is 17.5 Å². The molecule has 3 rings (SSSR count). The summed E-state index contributed by atoms with van der Waals surface area (Å²) in [6.45, 7) is 0. The number of rotatable bonds is 2. The quantitative estimate of drug-likeness (QED) is 0.904. The molecule has 1 aliphatic carbocycles. The SMILES string of the molecule is Fc1cc(F)c(-c2n[nH]c(C3CCCC3)n2)c(F)c1. The second-order valence-electron chi connectivity index (χ2n) is 4.77. The van der Waals surface area contributed by atoms with E-state index in [-0.39, 0.29) is 17.3 Å². The molecule has 0 bridgehead atoms. The number of hydrogen-bond donors (Lipinski definition) is 1. The van der Waals surface area contributed by atoms with Crippen molar-refractivity contribution in [3.8, 4) is 11.4 Å². The van der Waals surface area contributed by atoms with Crippen LogP contribution >= 0.6 is 0 Å². The number of nitrogens with one attached hydrogen (secondary N) is 1. The minimum absolute atomic E-state index is 0.0584. The highest BCUT2D eigenvalue weighted by atomic mass is 19.1. The average molecular weight is 267 g/mol. The summed E-state index contributed by atoms with van der Waals surface area (Å²) in [7, 11) is 0. The van der Waals surface area contributed by atoms with Gasteiger partial charge in [-0.1, -0.05) is 12.8 Å². The van der Waals surface area contributed by atoms with E-state index in [0.29, 0.717) is 18.0 Å². The molecule has 1 aromatic carbocycles. The number of aromatic amines is 1. The molecule has 0 radical (unpaired) electrons. The minimum Gasteiger partial charge on any atom is -0.262 e. The summed E-state index contributed by atoms with van der Waals surface area (Å²) < 4.78 is 40.1. The molecule has 1 fully saturated rings. The van der Waals surface area contributed by atoms with Crippen molar-refractivity contribution < 1.29 is 13.2 Å². The number of halogens is 3. The fourth-order valence-corrected chi connectivity index (χ4v) is 2.52. The smallest absolute Gasteiger partial charge is 0.187 e. The van der Waals surface area contributed by atoms with Crippen LogP contribution in [-0.4, -0.2) is 15.2 Å². The largest absolute Gasteiger partial charge is 0.262 e. The number of H-pyrrole nitrogens is 1. The Morgan fingerprint density at radius 2 is 1.68 bits per heavy atom. The van der Waals surface area contributed by atoms with Gasteiger partial charge < -0.3 is 0 Å². The first-order valence-corrected chi connectivity index (χ1v) is 6.22. The molecule has 2 aromatic rings. The Labute approximate surface area is 107 Å². The number of hydrogen-bond acceptors (Lipinski definition) is 2. The van der Waals surface area contributed by atoms with Crippen molar-refractivity contribution in [1.29, 1.82) is 0 Å². The third kappa shape index (κ3) is 2.22. The zero-order chi connectivity index (χ0) is 13.4. The molecule has 0 atom stereocenters. The zero-order valence-electron chi connectivity index (χ0n) is 10.1. The van der Waals surface area contributed by atoms with E-state index in [1.54, 1.807) is 0 Å². The zero-order valence-corrected chi connectivity index (χ0v) is 10.1. The van der Waals surface area contributed by atoms with Gasteiger partial charge in [0.2, 0.25) is 0 Å². The molecule has 1 N–H and O–H groups in total. The van der Waals surface area contributed by atoms with Crippen LogP contribution in [0.2, 0.25) is 0 Å². The van der Waals surface area contributed by atoms with E-state index in [1.165, 1.54) is 0 Å². The molecule has 0 spiro atoms. The van der Waals surface area contributed by atoms with Crippen molar-refractivity contribution >= 4 is 0 Å². The molecular weight excluding hydrogens is 255 g/mol. The second-order valence-corrected chi connectivity index (χ2v) is 4.77. The maximum Gasteiger partial charge on any atom is 0.187 e. The summed E-state index contributed by atoms with van der Waals surface area (Å²) in [6, 6.07) is 1.26. The number of aromatic nitrogens is 3. The first-order valence-electron chi connectivity index (χ1n) is 6.22. The fourth-order valence-electron chi connectivity index (χ4n) is 2.52. The summed E-state index contributed by atoms with van der Waals surface area (Å²) in [4.78, 5) is 4.14. The Bertz CT molecular complexity index is 580. The molecule has 1 heterocycles. The average Bonchev–Trinajstić information content (AvgIpc) is 2.97. The van der Waals surface area contributed by atoms with Crippen LogP contribution < -0.4 is 0 Å². The highest BCUT2D eigenvalue weighted by Crippen LogP contribution is 2.33. The molecule has 1 aromatic heterocycles. The van der Waals surface area contributed by atoms with Crippen LogP contribution in [-0.2, 0) is 0 Å². The first-order chi connectivity index (χ1) is 9.15. The Morgan fingerprint density at radius 1 is 1.05 bits per heavy atom. The monoisotopic (exact) mass is 267 g/mol. The van der Waals surface area contributed by atoms with Gasteiger partial charge in [-0.3, -0.25) is 5.10 Å². The lowest BCUT2D eigenvalue weighted by atomic mass is 10.1. The summed E-state index contributed by atoms with van der Waals surface area (Å²) in [6.07, 6.45) is 4.26. The molecular formula is C13H12F3N3. The predicted molar refractivity (Wildman–Crippen MR) is 62.9 cm³/mol.